The Morgan fingerprint density at radius 3 is 2.41 bits per heavy atom. The molecule has 9 heteroatoms. The van der Waals surface area contributed by atoms with Crippen molar-refractivity contribution < 1.29 is 22.7 Å². The largest absolute Gasteiger partial charge is 0.452 e. The fourth-order valence-electron chi connectivity index (χ4n) is 2.79. The van der Waals surface area contributed by atoms with E-state index >= 15 is 0 Å². The van der Waals surface area contributed by atoms with Gasteiger partial charge in [0, 0.05) is 44.0 Å². The molecule has 0 N–H and O–H groups in total. The average Bonchev–Trinajstić information content (AvgIpc) is 2.77. The molecule has 1 aromatic heterocycles. The molecule has 1 saturated heterocycles. The standard InChI is InChI=1S/C20H21N3O5S/c24-19(16-28-20(25)18-7-4-9-21-15-18)22-10-12-23(13-11-22)29(26,27)14-8-17-5-2-1-3-6-17/h1-9,14-15H,10-13,16H2/b14-8+. The van der Waals surface area contributed by atoms with Crippen LogP contribution in [0.25, 0.3) is 6.08 Å². The maximum atomic E-state index is 12.5. The number of amides is 1. The first-order valence-corrected chi connectivity index (χ1v) is 10.5. The lowest BCUT2D eigenvalue weighted by molar-refractivity contribution is -0.135. The fourth-order valence-corrected chi connectivity index (χ4v) is 3.97. The number of aromatic nitrogens is 1. The van der Waals surface area contributed by atoms with Gasteiger partial charge in [-0.15, -0.1) is 0 Å². The molecule has 152 valence electrons. The normalized spacial score (nSPS) is 15.4. The molecule has 29 heavy (non-hydrogen) atoms. The number of hydrogen-bond donors (Lipinski definition) is 0. The Morgan fingerprint density at radius 2 is 1.76 bits per heavy atom. The van der Waals surface area contributed by atoms with Crippen molar-refractivity contribution in [3.05, 3.63) is 71.4 Å². The van der Waals surface area contributed by atoms with Gasteiger partial charge < -0.3 is 9.64 Å². The van der Waals surface area contributed by atoms with Gasteiger partial charge in [-0.1, -0.05) is 30.3 Å². The summed E-state index contributed by atoms with van der Waals surface area (Å²) in [5.41, 5.74) is 1.06. The third kappa shape index (κ3) is 5.72. The van der Waals surface area contributed by atoms with Crippen molar-refractivity contribution in [3.63, 3.8) is 0 Å². The molecule has 0 bridgehead atoms. The predicted molar refractivity (Wildman–Crippen MR) is 107 cm³/mol. The van der Waals surface area contributed by atoms with Crippen LogP contribution in [0.1, 0.15) is 15.9 Å². The van der Waals surface area contributed by atoms with Gasteiger partial charge in [-0.3, -0.25) is 9.78 Å². The Morgan fingerprint density at radius 1 is 1.03 bits per heavy atom. The first-order valence-electron chi connectivity index (χ1n) is 9.04. The summed E-state index contributed by atoms with van der Waals surface area (Å²) in [7, 11) is -3.57. The third-order valence-corrected chi connectivity index (χ3v) is 5.97. The second-order valence-electron chi connectivity index (χ2n) is 6.36. The van der Waals surface area contributed by atoms with Gasteiger partial charge in [-0.25, -0.2) is 13.2 Å². The second-order valence-corrected chi connectivity index (χ2v) is 8.17. The summed E-state index contributed by atoms with van der Waals surface area (Å²) in [6.07, 6.45) is 4.44. The molecule has 1 amide bonds. The van der Waals surface area contributed by atoms with Crippen molar-refractivity contribution in [2.75, 3.05) is 32.8 Å². The Bertz CT molecular complexity index is 970. The number of benzene rings is 1. The molecule has 3 rings (SSSR count). The molecule has 1 fully saturated rings. The highest BCUT2D eigenvalue weighted by molar-refractivity contribution is 7.92. The number of nitrogens with zero attached hydrogens (tertiary/aromatic N) is 3. The van der Waals surface area contributed by atoms with Gasteiger partial charge >= 0.3 is 5.97 Å². The summed E-state index contributed by atoms with van der Waals surface area (Å²) >= 11 is 0. The van der Waals surface area contributed by atoms with Crippen LogP contribution < -0.4 is 0 Å². The van der Waals surface area contributed by atoms with E-state index in [1.54, 1.807) is 18.2 Å². The van der Waals surface area contributed by atoms with E-state index in [0.29, 0.717) is 0 Å². The van der Waals surface area contributed by atoms with Crippen LogP contribution in [0.5, 0.6) is 0 Å². The van der Waals surface area contributed by atoms with E-state index in [1.165, 1.54) is 27.0 Å². The minimum Gasteiger partial charge on any atom is -0.452 e. The topological polar surface area (TPSA) is 96.9 Å². The van der Waals surface area contributed by atoms with E-state index in [2.05, 4.69) is 4.98 Å². The van der Waals surface area contributed by atoms with Crippen LogP contribution in [0, 0.1) is 0 Å². The lowest BCUT2D eigenvalue weighted by atomic mass is 10.2. The lowest BCUT2D eigenvalue weighted by Crippen LogP contribution is -2.51. The highest BCUT2D eigenvalue weighted by Crippen LogP contribution is 2.12. The predicted octanol–water partition coefficient (Wildman–Crippen LogP) is 1.38. The summed E-state index contributed by atoms with van der Waals surface area (Å²) in [6, 6.07) is 12.3. The van der Waals surface area contributed by atoms with Crippen molar-refractivity contribution in [3.8, 4) is 0 Å². The Hall–Kier alpha value is -3.04. The van der Waals surface area contributed by atoms with Crippen molar-refractivity contribution in [1.82, 2.24) is 14.2 Å². The maximum Gasteiger partial charge on any atom is 0.340 e. The molecule has 0 saturated carbocycles. The van der Waals surface area contributed by atoms with Crippen molar-refractivity contribution in [2.45, 2.75) is 0 Å². The first kappa shape index (κ1) is 20.7. The number of carbonyl (C=O) groups excluding carboxylic acids is 2. The molecule has 0 unspecified atom stereocenters. The van der Waals surface area contributed by atoms with Gasteiger partial charge in [0.2, 0.25) is 10.0 Å². The number of ether oxygens (including phenoxy) is 1. The minimum atomic E-state index is -3.57. The van der Waals surface area contributed by atoms with Gasteiger partial charge in [0.25, 0.3) is 5.91 Å². The summed E-state index contributed by atoms with van der Waals surface area (Å²) < 4.78 is 31.3. The van der Waals surface area contributed by atoms with Crippen LogP contribution in [-0.4, -0.2) is 67.3 Å². The highest BCUT2D eigenvalue weighted by Gasteiger charge is 2.27. The number of sulfonamides is 1. The molecule has 1 aliphatic rings. The molecule has 0 spiro atoms. The van der Waals surface area contributed by atoms with Crippen LogP contribution in [0.3, 0.4) is 0 Å². The molecule has 8 nitrogen and oxygen atoms in total. The molecular formula is C20H21N3O5S. The summed E-state index contributed by atoms with van der Waals surface area (Å²) in [5, 5.41) is 1.18. The van der Waals surface area contributed by atoms with E-state index in [1.807, 2.05) is 30.3 Å². The minimum absolute atomic E-state index is 0.184. The Balaban J connectivity index is 1.48. The molecule has 0 radical (unpaired) electrons. The van der Waals surface area contributed by atoms with Gasteiger partial charge in [0.05, 0.1) is 5.56 Å². The van der Waals surface area contributed by atoms with E-state index in [-0.39, 0.29) is 37.6 Å². The SMILES string of the molecule is O=C(OCC(=O)N1CCN(S(=O)(=O)/C=C/c2ccccc2)CC1)c1cccnc1. The monoisotopic (exact) mass is 415 g/mol. The zero-order chi connectivity index (χ0) is 20.7. The van der Waals surface area contributed by atoms with E-state index in [0.717, 1.165) is 5.56 Å². The number of piperazine rings is 1. The molecule has 1 aliphatic heterocycles. The summed E-state index contributed by atoms with van der Waals surface area (Å²) in [5.74, 6) is -0.988. The highest BCUT2D eigenvalue weighted by atomic mass is 32.2. The van der Waals surface area contributed by atoms with Gasteiger partial charge in [0.1, 0.15) is 0 Å². The zero-order valence-electron chi connectivity index (χ0n) is 15.7. The Labute approximate surface area is 169 Å². The molecule has 2 heterocycles. The number of hydrogen-bond acceptors (Lipinski definition) is 6. The van der Waals surface area contributed by atoms with E-state index < -0.39 is 22.6 Å². The molecule has 2 aromatic rings. The third-order valence-electron chi connectivity index (χ3n) is 4.41. The molecular weight excluding hydrogens is 394 g/mol. The lowest BCUT2D eigenvalue weighted by Gasteiger charge is -2.33. The van der Waals surface area contributed by atoms with Crippen molar-refractivity contribution in [2.24, 2.45) is 0 Å². The number of carbonyl (C=O) groups is 2. The van der Waals surface area contributed by atoms with E-state index in [4.69, 9.17) is 4.74 Å². The zero-order valence-corrected chi connectivity index (χ0v) is 16.5. The van der Waals surface area contributed by atoms with Gasteiger partial charge in [0.15, 0.2) is 6.61 Å². The van der Waals surface area contributed by atoms with Crippen LogP contribution in [0.15, 0.2) is 60.3 Å². The van der Waals surface area contributed by atoms with Crippen molar-refractivity contribution >= 4 is 28.0 Å². The second kappa shape index (κ2) is 9.44. The number of pyridine rings is 1. The fraction of sp³-hybridized carbons (Fsp3) is 0.250. The van der Waals surface area contributed by atoms with Crippen LogP contribution >= 0.6 is 0 Å². The van der Waals surface area contributed by atoms with Crippen molar-refractivity contribution in [1.29, 1.82) is 0 Å². The van der Waals surface area contributed by atoms with Crippen LogP contribution in [-0.2, 0) is 19.6 Å². The Kier molecular flexibility index (Phi) is 6.73. The quantitative estimate of drug-likeness (QED) is 0.662. The van der Waals surface area contributed by atoms with Crippen LogP contribution in [0.2, 0.25) is 0 Å². The maximum absolute atomic E-state index is 12.5. The average molecular weight is 415 g/mol. The summed E-state index contributed by atoms with van der Waals surface area (Å²) in [4.78, 5) is 29.4. The van der Waals surface area contributed by atoms with E-state index in [9.17, 15) is 18.0 Å². The van der Waals surface area contributed by atoms with Gasteiger partial charge in [-0.05, 0) is 23.8 Å². The van der Waals surface area contributed by atoms with Crippen LogP contribution in [0.4, 0.5) is 0 Å². The molecule has 1 aromatic carbocycles. The smallest absolute Gasteiger partial charge is 0.340 e. The summed E-state index contributed by atoms with van der Waals surface area (Å²) in [6.45, 7) is 0.450. The number of esters is 1. The molecule has 0 atom stereocenters. The van der Waals surface area contributed by atoms with Gasteiger partial charge in [-0.2, -0.15) is 4.31 Å². The molecule has 0 aliphatic carbocycles. The number of rotatable bonds is 6. The first-order chi connectivity index (χ1) is 14.0.